The Kier molecular flexibility index (Phi) is 6.18. The Hall–Kier alpha value is -0.910. The molecule has 1 fully saturated rings. The molecule has 2 aromatic rings. The molecule has 0 aromatic heterocycles. The summed E-state index contributed by atoms with van der Waals surface area (Å²) in [5.74, 6) is 0.0255. The van der Waals surface area contributed by atoms with Gasteiger partial charge in [0.05, 0.1) is 0 Å². The van der Waals surface area contributed by atoms with E-state index in [1.54, 1.807) is 12.1 Å². The summed E-state index contributed by atoms with van der Waals surface area (Å²) in [6, 6.07) is 11.0. The van der Waals surface area contributed by atoms with Crippen molar-refractivity contribution in [3.63, 3.8) is 0 Å². The highest BCUT2D eigenvalue weighted by atomic mass is 79.9. The number of halogens is 4. The van der Waals surface area contributed by atoms with Crippen LogP contribution < -0.4 is 5.32 Å². The molecule has 1 saturated heterocycles. The zero-order chi connectivity index (χ0) is 18.0. The van der Waals surface area contributed by atoms with Gasteiger partial charge in [0.25, 0.3) is 0 Å². The summed E-state index contributed by atoms with van der Waals surface area (Å²) in [5, 5.41) is 4.53. The van der Waals surface area contributed by atoms with Gasteiger partial charge >= 0.3 is 0 Å². The first-order valence-corrected chi connectivity index (χ1v) is 9.85. The minimum absolute atomic E-state index is 0.0255. The molecule has 0 saturated carbocycles. The van der Waals surface area contributed by atoms with E-state index in [2.05, 4.69) is 37.2 Å². The topological polar surface area (TPSA) is 29.1 Å². The van der Waals surface area contributed by atoms with Crippen LogP contribution in [0.4, 0.5) is 0 Å². The third-order valence-corrected chi connectivity index (χ3v) is 5.70. The first kappa shape index (κ1) is 18.9. The molecule has 0 radical (unpaired) electrons. The fourth-order valence-electron chi connectivity index (χ4n) is 2.56. The number of hydrogen-bond acceptors (Lipinski definition) is 2. The monoisotopic (exact) mass is 499 g/mol. The Balaban J connectivity index is 1.96. The van der Waals surface area contributed by atoms with Gasteiger partial charge in [-0.25, -0.2) is 0 Å². The Morgan fingerprint density at radius 3 is 1.72 bits per heavy atom. The second-order valence-electron chi connectivity index (χ2n) is 5.60. The zero-order valence-corrected chi connectivity index (χ0v) is 17.6. The largest absolute Gasteiger partial charge is 0.308 e. The molecule has 2 nitrogen and oxygen atoms in total. The first-order valence-electron chi connectivity index (χ1n) is 7.51. The second kappa shape index (κ2) is 8.19. The van der Waals surface area contributed by atoms with Gasteiger partial charge in [-0.1, -0.05) is 55.1 Å². The van der Waals surface area contributed by atoms with Gasteiger partial charge in [0.2, 0.25) is 0 Å². The van der Waals surface area contributed by atoms with Crippen LogP contribution >= 0.6 is 55.1 Å². The lowest BCUT2D eigenvalue weighted by Gasteiger charge is -2.18. The molecule has 1 aliphatic rings. The number of carbonyl (C=O) groups excluding carboxylic acids is 1. The molecule has 128 valence electrons. The van der Waals surface area contributed by atoms with E-state index in [0.717, 1.165) is 20.1 Å². The predicted octanol–water partition coefficient (Wildman–Crippen LogP) is 6.16. The van der Waals surface area contributed by atoms with E-state index in [0.29, 0.717) is 34.3 Å². The van der Waals surface area contributed by atoms with Crippen molar-refractivity contribution in [1.82, 2.24) is 5.32 Å². The van der Waals surface area contributed by atoms with Crippen molar-refractivity contribution >= 4 is 73.0 Å². The Morgan fingerprint density at radius 1 is 0.840 bits per heavy atom. The molecule has 0 aliphatic carbocycles. The number of carbonyl (C=O) groups is 1. The molecule has 1 aliphatic heterocycles. The standard InChI is InChI=1S/C19H13Br2Cl2NO/c20-17-3-1-15(22)7-11(17)5-13-9-24-10-14(19(13)25)6-12-8-16(23)2-4-18(12)21/h1-8,24H,9-10H2. The fraction of sp³-hybridized carbons (Fsp3) is 0.105. The SMILES string of the molecule is O=C1C(=Cc2cc(Cl)ccc2Br)CNCC1=Cc1cc(Cl)ccc1Br. The molecule has 0 atom stereocenters. The first-order chi connectivity index (χ1) is 11.9. The maximum atomic E-state index is 12.9. The number of piperidine rings is 1. The van der Waals surface area contributed by atoms with Crippen LogP contribution in [0.15, 0.2) is 56.5 Å². The summed E-state index contributed by atoms with van der Waals surface area (Å²) < 4.78 is 1.79. The molecule has 3 rings (SSSR count). The fourth-order valence-corrected chi connectivity index (χ4v) is 3.64. The molecule has 1 heterocycles. The van der Waals surface area contributed by atoms with Crippen molar-refractivity contribution in [2.45, 2.75) is 0 Å². The van der Waals surface area contributed by atoms with E-state index < -0.39 is 0 Å². The number of rotatable bonds is 2. The Labute approximate surface area is 173 Å². The van der Waals surface area contributed by atoms with Gasteiger partial charge in [-0.05, 0) is 59.7 Å². The molecule has 0 amide bonds. The number of benzene rings is 2. The maximum Gasteiger partial charge on any atom is 0.187 e. The normalized spacial score (nSPS) is 18.2. The summed E-state index contributed by atoms with van der Waals surface area (Å²) >= 11 is 19.1. The lowest BCUT2D eigenvalue weighted by molar-refractivity contribution is -0.112. The van der Waals surface area contributed by atoms with Gasteiger partial charge in [0, 0.05) is 43.2 Å². The predicted molar refractivity (Wildman–Crippen MR) is 112 cm³/mol. The van der Waals surface area contributed by atoms with Crippen molar-refractivity contribution in [3.05, 3.63) is 77.7 Å². The highest BCUT2D eigenvalue weighted by molar-refractivity contribution is 9.10. The minimum atomic E-state index is 0.0255. The third kappa shape index (κ3) is 4.63. The van der Waals surface area contributed by atoms with Crippen LogP contribution in [-0.4, -0.2) is 18.9 Å². The highest BCUT2D eigenvalue weighted by Crippen LogP contribution is 2.27. The molecular weight excluding hydrogens is 489 g/mol. The van der Waals surface area contributed by atoms with E-state index in [4.69, 9.17) is 23.2 Å². The summed E-state index contributed by atoms with van der Waals surface area (Å²) in [6.45, 7) is 1.04. The van der Waals surface area contributed by atoms with Gasteiger partial charge in [-0.2, -0.15) is 0 Å². The molecule has 25 heavy (non-hydrogen) atoms. The third-order valence-electron chi connectivity index (χ3n) is 3.79. The van der Waals surface area contributed by atoms with Crippen LogP contribution in [0.5, 0.6) is 0 Å². The summed E-state index contributed by atoms with van der Waals surface area (Å²) in [7, 11) is 0. The molecule has 0 unspecified atom stereocenters. The molecule has 0 bridgehead atoms. The number of hydrogen-bond donors (Lipinski definition) is 1. The van der Waals surface area contributed by atoms with Crippen molar-refractivity contribution in [1.29, 1.82) is 0 Å². The summed E-state index contributed by atoms with van der Waals surface area (Å²) in [6.07, 6.45) is 3.73. The lowest BCUT2D eigenvalue weighted by atomic mass is 9.95. The molecule has 2 aromatic carbocycles. The van der Waals surface area contributed by atoms with Crippen molar-refractivity contribution in [2.75, 3.05) is 13.1 Å². The van der Waals surface area contributed by atoms with Crippen molar-refractivity contribution in [2.24, 2.45) is 0 Å². The molecule has 6 heteroatoms. The van der Waals surface area contributed by atoms with Crippen LogP contribution in [0.25, 0.3) is 12.2 Å². The van der Waals surface area contributed by atoms with Crippen molar-refractivity contribution in [3.8, 4) is 0 Å². The van der Waals surface area contributed by atoms with Gasteiger partial charge in [0.15, 0.2) is 5.78 Å². The van der Waals surface area contributed by atoms with Crippen molar-refractivity contribution < 1.29 is 4.79 Å². The molecular formula is C19H13Br2Cl2NO. The lowest BCUT2D eigenvalue weighted by Crippen LogP contribution is -2.32. The minimum Gasteiger partial charge on any atom is -0.308 e. The zero-order valence-electron chi connectivity index (χ0n) is 13.0. The highest BCUT2D eigenvalue weighted by Gasteiger charge is 2.20. The second-order valence-corrected chi connectivity index (χ2v) is 8.19. The summed E-state index contributed by atoms with van der Waals surface area (Å²) in [5.41, 5.74) is 3.14. The van der Waals surface area contributed by atoms with Gasteiger partial charge in [-0.15, -0.1) is 0 Å². The Bertz CT molecular complexity index is 835. The van der Waals surface area contributed by atoms with Crippen LogP contribution in [0.1, 0.15) is 11.1 Å². The van der Waals surface area contributed by atoms with E-state index in [1.807, 2.05) is 36.4 Å². The van der Waals surface area contributed by atoms with E-state index in [1.165, 1.54) is 0 Å². The van der Waals surface area contributed by atoms with E-state index >= 15 is 0 Å². The van der Waals surface area contributed by atoms with Gasteiger partial charge < -0.3 is 5.32 Å². The average Bonchev–Trinajstić information content (AvgIpc) is 2.58. The van der Waals surface area contributed by atoms with E-state index in [9.17, 15) is 4.79 Å². The van der Waals surface area contributed by atoms with Crippen LogP contribution in [0, 0.1) is 0 Å². The average molecular weight is 502 g/mol. The number of ketones is 1. The van der Waals surface area contributed by atoms with Crippen LogP contribution in [0.2, 0.25) is 10.0 Å². The Morgan fingerprint density at radius 2 is 1.28 bits per heavy atom. The number of nitrogens with one attached hydrogen (secondary N) is 1. The van der Waals surface area contributed by atoms with E-state index in [-0.39, 0.29) is 5.78 Å². The number of Topliss-reactive ketones (excluding diaryl/α,β-unsaturated/α-hetero) is 1. The smallest absolute Gasteiger partial charge is 0.187 e. The molecule has 1 N–H and O–H groups in total. The van der Waals surface area contributed by atoms with Gasteiger partial charge in [-0.3, -0.25) is 4.79 Å². The quantitative estimate of drug-likeness (QED) is 0.499. The van der Waals surface area contributed by atoms with Crippen LogP contribution in [-0.2, 0) is 4.79 Å². The van der Waals surface area contributed by atoms with Crippen LogP contribution in [0.3, 0.4) is 0 Å². The molecule has 0 spiro atoms. The maximum absolute atomic E-state index is 12.9. The summed E-state index contributed by atoms with van der Waals surface area (Å²) in [4.78, 5) is 12.9. The van der Waals surface area contributed by atoms with Gasteiger partial charge in [0.1, 0.15) is 0 Å².